The van der Waals surface area contributed by atoms with Crippen LogP contribution in [-0.2, 0) is 28.6 Å². The van der Waals surface area contributed by atoms with E-state index >= 15 is 0 Å². The van der Waals surface area contributed by atoms with Crippen molar-refractivity contribution in [3.05, 3.63) is 24.2 Å². The summed E-state index contributed by atoms with van der Waals surface area (Å²) in [5, 5.41) is 0. The van der Waals surface area contributed by atoms with E-state index in [2.05, 4.69) is 27.7 Å². The van der Waals surface area contributed by atoms with Gasteiger partial charge in [-0.25, -0.2) is 4.79 Å². The molecule has 3 aliphatic heterocycles. The molecule has 7 nitrogen and oxygen atoms in total. The van der Waals surface area contributed by atoms with Crippen LogP contribution in [0.4, 0.5) is 0 Å². The molecule has 3 saturated carbocycles. The molecule has 33 heavy (non-hydrogen) atoms. The van der Waals surface area contributed by atoms with Crippen molar-refractivity contribution in [2.24, 2.45) is 33.5 Å². The Morgan fingerprint density at radius 2 is 1.76 bits per heavy atom. The molecule has 0 amide bonds. The number of cyclic esters (lactones) is 1. The molecule has 0 radical (unpaired) electrons. The second kappa shape index (κ2) is 5.46. The van der Waals surface area contributed by atoms with E-state index in [1.807, 2.05) is 13.0 Å². The van der Waals surface area contributed by atoms with Gasteiger partial charge >= 0.3 is 5.97 Å². The topological polar surface area (TPSA) is 98.6 Å². The standard InChI is InChI=1S/C26H30O7/c1-22(2)14-10-15(27)25(5)13(24(14,4)17(28)16-19(22)31-16)6-8-23(3)18(12-7-9-30-11-12)32-21(29)20-26(23,25)33-20/h7,9,11,13-14,16,18-20H,6,8,10H2,1-5H3. The molecule has 10 atom stereocenters. The Kier molecular flexibility index (Phi) is 3.37. The van der Waals surface area contributed by atoms with E-state index in [1.165, 1.54) is 0 Å². The van der Waals surface area contributed by atoms with Crippen molar-refractivity contribution in [2.75, 3.05) is 0 Å². The lowest BCUT2D eigenvalue weighted by molar-refractivity contribution is -0.217. The molecule has 3 aliphatic carbocycles. The van der Waals surface area contributed by atoms with Crippen LogP contribution in [0.25, 0.3) is 0 Å². The number of Topliss-reactive ketones (excluding diaryl/α,β-unsaturated/α-hetero) is 2. The highest BCUT2D eigenvalue weighted by atomic mass is 16.7. The molecule has 0 bridgehead atoms. The van der Waals surface area contributed by atoms with Gasteiger partial charge in [-0.3, -0.25) is 9.59 Å². The molecule has 7 heteroatoms. The number of hydrogen-bond donors (Lipinski definition) is 0. The lowest BCUT2D eigenvalue weighted by Gasteiger charge is -2.66. The monoisotopic (exact) mass is 454 g/mol. The summed E-state index contributed by atoms with van der Waals surface area (Å²) >= 11 is 0. The summed E-state index contributed by atoms with van der Waals surface area (Å²) in [4.78, 5) is 41.1. The maximum Gasteiger partial charge on any atom is 0.339 e. The quantitative estimate of drug-likeness (QED) is 0.474. The summed E-state index contributed by atoms with van der Waals surface area (Å²) in [6.07, 6.45) is 3.02. The number of ether oxygens (including phenoxy) is 3. The first-order chi connectivity index (χ1) is 15.5. The molecule has 6 aliphatic rings. The van der Waals surface area contributed by atoms with Crippen molar-refractivity contribution in [3.63, 3.8) is 0 Å². The fraction of sp³-hybridized carbons (Fsp3) is 0.731. The van der Waals surface area contributed by atoms with Crippen molar-refractivity contribution in [2.45, 2.75) is 83.9 Å². The minimum atomic E-state index is -0.989. The third kappa shape index (κ3) is 1.88. The normalized spacial score (nSPS) is 55.4. The minimum absolute atomic E-state index is 0.0926. The Balaban J connectivity index is 1.41. The number of carbonyl (C=O) groups excluding carboxylic acids is 3. The van der Waals surface area contributed by atoms with Crippen molar-refractivity contribution in [3.8, 4) is 0 Å². The Bertz CT molecular complexity index is 1120. The number of epoxide rings is 2. The summed E-state index contributed by atoms with van der Waals surface area (Å²) in [6.45, 7) is 10.4. The van der Waals surface area contributed by atoms with E-state index in [-0.39, 0.29) is 41.0 Å². The first-order valence-electron chi connectivity index (χ1n) is 12.1. The van der Waals surface area contributed by atoms with E-state index in [9.17, 15) is 14.4 Å². The average molecular weight is 455 g/mol. The van der Waals surface area contributed by atoms with Gasteiger partial charge < -0.3 is 18.6 Å². The predicted molar refractivity (Wildman–Crippen MR) is 113 cm³/mol. The van der Waals surface area contributed by atoms with E-state index in [0.29, 0.717) is 19.3 Å². The Labute approximate surface area is 192 Å². The SMILES string of the molecule is CC1(C)C2OC2C(=O)C2(C)C1CC(=O)C1(C)C2CCC2(C)C(c3ccoc3)OC(=O)C3OC321. The Morgan fingerprint density at radius 3 is 2.45 bits per heavy atom. The first kappa shape index (κ1) is 20.4. The van der Waals surface area contributed by atoms with Crippen LogP contribution < -0.4 is 0 Å². The molecular weight excluding hydrogens is 424 g/mol. The molecular formula is C26H30O7. The van der Waals surface area contributed by atoms with Gasteiger partial charge in [0.05, 0.1) is 24.0 Å². The molecule has 0 N–H and O–H groups in total. The molecule has 4 heterocycles. The summed E-state index contributed by atoms with van der Waals surface area (Å²) in [7, 11) is 0. The zero-order valence-corrected chi connectivity index (χ0v) is 19.7. The molecule has 1 spiro atoms. The molecule has 3 saturated heterocycles. The van der Waals surface area contributed by atoms with Gasteiger partial charge in [0, 0.05) is 22.8 Å². The Morgan fingerprint density at radius 1 is 1.00 bits per heavy atom. The van der Waals surface area contributed by atoms with Gasteiger partial charge in [0.2, 0.25) is 0 Å². The van der Waals surface area contributed by atoms with Crippen LogP contribution >= 0.6 is 0 Å². The second-order valence-corrected chi connectivity index (χ2v) is 12.4. The van der Waals surface area contributed by atoms with E-state index in [4.69, 9.17) is 18.6 Å². The van der Waals surface area contributed by atoms with Crippen LogP contribution in [0.5, 0.6) is 0 Å². The molecule has 10 unspecified atom stereocenters. The van der Waals surface area contributed by atoms with Crippen LogP contribution in [-0.4, -0.2) is 41.4 Å². The van der Waals surface area contributed by atoms with Gasteiger partial charge in [-0.1, -0.05) is 27.7 Å². The van der Waals surface area contributed by atoms with E-state index < -0.39 is 40.0 Å². The second-order valence-electron chi connectivity index (χ2n) is 12.4. The van der Waals surface area contributed by atoms with Crippen LogP contribution in [0.1, 0.15) is 65.5 Å². The highest BCUT2D eigenvalue weighted by Crippen LogP contribution is 2.79. The lowest BCUT2D eigenvalue weighted by atomic mass is 9.35. The summed E-state index contributed by atoms with van der Waals surface area (Å²) in [5.74, 6) is -0.514. The van der Waals surface area contributed by atoms with Gasteiger partial charge in [-0.15, -0.1) is 0 Å². The lowest BCUT2D eigenvalue weighted by Crippen LogP contribution is -2.73. The number of ketones is 2. The van der Waals surface area contributed by atoms with E-state index in [0.717, 1.165) is 5.56 Å². The first-order valence-corrected chi connectivity index (χ1v) is 12.1. The van der Waals surface area contributed by atoms with Crippen LogP contribution in [0, 0.1) is 33.5 Å². The van der Waals surface area contributed by atoms with Crippen molar-refractivity contribution < 1.29 is 33.0 Å². The number of rotatable bonds is 1. The van der Waals surface area contributed by atoms with Crippen molar-refractivity contribution in [1.29, 1.82) is 0 Å². The third-order valence-electron chi connectivity index (χ3n) is 11.1. The highest BCUT2D eigenvalue weighted by molar-refractivity contribution is 5.99. The van der Waals surface area contributed by atoms with E-state index in [1.54, 1.807) is 12.5 Å². The summed E-state index contributed by atoms with van der Waals surface area (Å²) in [5.41, 5.74) is -2.76. The number of fused-ring (bicyclic) bond motifs is 4. The van der Waals surface area contributed by atoms with Gasteiger partial charge in [0.1, 0.15) is 23.6 Å². The largest absolute Gasteiger partial charge is 0.472 e. The van der Waals surface area contributed by atoms with Crippen LogP contribution in [0.15, 0.2) is 23.0 Å². The molecule has 6 fully saturated rings. The summed E-state index contributed by atoms with van der Waals surface area (Å²) < 4.78 is 23.4. The molecule has 7 rings (SSSR count). The van der Waals surface area contributed by atoms with Crippen LogP contribution in [0.2, 0.25) is 0 Å². The third-order valence-corrected chi connectivity index (χ3v) is 11.1. The number of hydrogen-bond acceptors (Lipinski definition) is 7. The molecule has 1 aromatic heterocycles. The fourth-order valence-electron chi connectivity index (χ4n) is 9.37. The summed E-state index contributed by atoms with van der Waals surface area (Å²) in [6, 6.07) is 1.81. The maximum absolute atomic E-state index is 14.2. The molecule has 1 aromatic rings. The minimum Gasteiger partial charge on any atom is -0.472 e. The van der Waals surface area contributed by atoms with Gasteiger partial charge in [0.25, 0.3) is 0 Å². The zero-order valence-electron chi connectivity index (χ0n) is 19.7. The predicted octanol–water partition coefficient (Wildman–Crippen LogP) is 3.41. The highest BCUT2D eigenvalue weighted by Gasteiger charge is 2.89. The number of furan rings is 1. The van der Waals surface area contributed by atoms with Crippen molar-refractivity contribution >= 4 is 17.5 Å². The van der Waals surface area contributed by atoms with Gasteiger partial charge in [0.15, 0.2) is 11.9 Å². The van der Waals surface area contributed by atoms with Crippen LogP contribution in [0.3, 0.4) is 0 Å². The zero-order chi connectivity index (χ0) is 23.3. The number of esters is 1. The number of carbonyl (C=O) groups is 3. The molecule has 0 aromatic carbocycles. The molecule has 176 valence electrons. The van der Waals surface area contributed by atoms with Crippen molar-refractivity contribution in [1.82, 2.24) is 0 Å². The average Bonchev–Trinajstić information content (AvgIpc) is 3.66. The van der Waals surface area contributed by atoms with Gasteiger partial charge in [-0.2, -0.15) is 0 Å². The Hall–Kier alpha value is -1.99. The smallest absolute Gasteiger partial charge is 0.339 e. The fourth-order valence-corrected chi connectivity index (χ4v) is 9.37. The van der Waals surface area contributed by atoms with Gasteiger partial charge in [-0.05, 0) is 43.1 Å². The maximum atomic E-state index is 14.2.